The number of halogens is 2. The average Bonchev–Trinajstić information content (AvgIpc) is 3.23. The molecule has 1 amide bonds. The van der Waals surface area contributed by atoms with Crippen molar-refractivity contribution in [1.82, 2.24) is 4.98 Å². The number of methoxy groups -OCH3 is 2. The van der Waals surface area contributed by atoms with E-state index in [9.17, 15) is 17.8 Å². The quantitative estimate of drug-likeness (QED) is 0.214. The van der Waals surface area contributed by atoms with E-state index in [2.05, 4.69) is 10.3 Å². The molecule has 0 aliphatic rings. The maximum absolute atomic E-state index is 13.3. The molecular formula is C22H17Cl2N3O6S2. The van der Waals surface area contributed by atoms with E-state index in [0.29, 0.717) is 27.7 Å². The number of aromatic nitrogens is 1. The number of para-hydroxylation sites is 1. The van der Waals surface area contributed by atoms with Crippen LogP contribution in [0.5, 0.6) is 11.5 Å². The van der Waals surface area contributed by atoms with E-state index in [1.165, 1.54) is 37.7 Å². The highest BCUT2D eigenvalue weighted by molar-refractivity contribution is 7.86. The molecule has 35 heavy (non-hydrogen) atoms. The number of hydrogen-bond acceptors (Lipinski definition) is 8. The summed E-state index contributed by atoms with van der Waals surface area (Å²) < 4.78 is 45.2. The number of amides is 1. The fraction of sp³-hybridized carbons (Fsp3) is 0.0909. The predicted octanol–water partition coefficient (Wildman–Crippen LogP) is 5.37. The van der Waals surface area contributed by atoms with E-state index in [0.717, 1.165) is 10.8 Å². The van der Waals surface area contributed by atoms with Gasteiger partial charge in [0.05, 0.1) is 40.2 Å². The fourth-order valence-corrected chi connectivity index (χ4v) is 6.13. The number of ether oxygens (including phenoxy) is 2. The van der Waals surface area contributed by atoms with Crippen molar-refractivity contribution >= 4 is 72.2 Å². The highest BCUT2D eigenvalue weighted by Gasteiger charge is 2.29. The molecule has 0 atom stereocenters. The number of nitrogens with one attached hydrogen (secondary N) is 1. The normalized spacial score (nSPS) is 11.5. The summed E-state index contributed by atoms with van der Waals surface area (Å²) in [6.45, 7) is 0. The SMILES string of the molecule is COc1ccc(NC(=O)c2c(S(=O)(=O)O)cc(Cl)c(-c3nc4c(N)cccc4s3)c2Cl)cc1OC. The van der Waals surface area contributed by atoms with Gasteiger partial charge in [0.1, 0.15) is 15.4 Å². The van der Waals surface area contributed by atoms with Crippen molar-refractivity contribution in [2.24, 2.45) is 0 Å². The van der Waals surface area contributed by atoms with E-state index in [4.69, 9.17) is 38.4 Å². The Bertz CT molecular complexity index is 1590. The third-order valence-corrected chi connectivity index (χ3v) is 7.58. The summed E-state index contributed by atoms with van der Waals surface area (Å²) >= 11 is 14.1. The molecule has 4 aromatic rings. The number of carbonyl (C=O) groups is 1. The highest BCUT2D eigenvalue weighted by atomic mass is 35.5. The van der Waals surface area contributed by atoms with Crippen LogP contribution in [0.15, 0.2) is 47.4 Å². The van der Waals surface area contributed by atoms with Crippen molar-refractivity contribution in [3.05, 3.63) is 58.1 Å². The second-order valence-electron chi connectivity index (χ2n) is 7.13. The Morgan fingerprint density at radius 1 is 1.11 bits per heavy atom. The van der Waals surface area contributed by atoms with Crippen LogP contribution in [0.25, 0.3) is 20.8 Å². The third kappa shape index (κ3) is 4.73. The van der Waals surface area contributed by atoms with Gasteiger partial charge in [-0.15, -0.1) is 11.3 Å². The first-order valence-electron chi connectivity index (χ1n) is 9.73. The molecule has 0 radical (unpaired) electrons. The lowest BCUT2D eigenvalue weighted by Crippen LogP contribution is -2.17. The van der Waals surface area contributed by atoms with Gasteiger partial charge in [0.2, 0.25) is 0 Å². The number of hydrogen-bond donors (Lipinski definition) is 3. The summed E-state index contributed by atoms with van der Waals surface area (Å²) in [4.78, 5) is 17.0. The lowest BCUT2D eigenvalue weighted by molar-refractivity contribution is 0.102. The first-order chi connectivity index (χ1) is 16.5. The zero-order valence-corrected chi connectivity index (χ0v) is 21.3. The number of rotatable bonds is 6. The maximum atomic E-state index is 13.3. The molecule has 182 valence electrons. The minimum absolute atomic E-state index is 0.122. The van der Waals surface area contributed by atoms with Crippen LogP contribution in [-0.4, -0.2) is 38.1 Å². The smallest absolute Gasteiger partial charge is 0.295 e. The van der Waals surface area contributed by atoms with Crippen molar-refractivity contribution in [3.8, 4) is 22.1 Å². The molecule has 0 unspecified atom stereocenters. The van der Waals surface area contributed by atoms with Crippen LogP contribution >= 0.6 is 34.5 Å². The van der Waals surface area contributed by atoms with Gasteiger partial charge >= 0.3 is 0 Å². The average molecular weight is 554 g/mol. The van der Waals surface area contributed by atoms with Gasteiger partial charge in [-0.2, -0.15) is 8.42 Å². The molecule has 13 heteroatoms. The Balaban J connectivity index is 1.88. The van der Waals surface area contributed by atoms with Gasteiger partial charge in [0.25, 0.3) is 16.0 Å². The van der Waals surface area contributed by atoms with Crippen molar-refractivity contribution in [2.75, 3.05) is 25.3 Å². The minimum Gasteiger partial charge on any atom is -0.493 e. The maximum Gasteiger partial charge on any atom is 0.295 e. The lowest BCUT2D eigenvalue weighted by atomic mass is 10.1. The van der Waals surface area contributed by atoms with Gasteiger partial charge in [-0.05, 0) is 30.3 Å². The van der Waals surface area contributed by atoms with Crippen LogP contribution in [0.2, 0.25) is 10.0 Å². The van der Waals surface area contributed by atoms with Gasteiger partial charge < -0.3 is 20.5 Å². The molecule has 3 aromatic carbocycles. The first kappa shape index (κ1) is 25.0. The summed E-state index contributed by atoms with van der Waals surface area (Å²) in [6.07, 6.45) is 0. The van der Waals surface area contributed by atoms with Crippen molar-refractivity contribution in [3.63, 3.8) is 0 Å². The van der Waals surface area contributed by atoms with Crippen LogP contribution < -0.4 is 20.5 Å². The molecule has 0 spiro atoms. The molecule has 9 nitrogen and oxygen atoms in total. The van der Waals surface area contributed by atoms with Crippen molar-refractivity contribution in [1.29, 1.82) is 0 Å². The number of fused-ring (bicyclic) bond motifs is 1. The Morgan fingerprint density at radius 3 is 2.46 bits per heavy atom. The third-order valence-electron chi connectivity index (χ3n) is 4.99. The number of carbonyl (C=O) groups excluding carboxylic acids is 1. The molecule has 1 heterocycles. The minimum atomic E-state index is -4.88. The molecule has 4 rings (SSSR count). The number of nitrogens with zero attached hydrogens (tertiary/aromatic N) is 1. The van der Waals surface area contributed by atoms with Gasteiger partial charge in [0.15, 0.2) is 11.5 Å². The number of thiazole rings is 1. The molecular weight excluding hydrogens is 537 g/mol. The molecule has 0 saturated heterocycles. The zero-order valence-electron chi connectivity index (χ0n) is 18.1. The van der Waals surface area contributed by atoms with E-state index in [-0.39, 0.29) is 21.3 Å². The van der Waals surface area contributed by atoms with Crippen molar-refractivity contribution < 1.29 is 27.2 Å². The van der Waals surface area contributed by atoms with E-state index in [1.807, 2.05) is 0 Å². The monoisotopic (exact) mass is 553 g/mol. The summed E-state index contributed by atoms with van der Waals surface area (Å²) in [5.41, 5.74) is 6.81. The molecule has 0 fully saturated rings. The molecule has 1 aromatic heterocycles. The number of anilines is 2. The Morgan fingerprint density at radius 2 is 1.83 bits per heavy atom. The second kappa shape index (κ2) is 9.51. The van der Waals surface area contributed by atoms with Crippen LogP contribution in [0.4, 0.5) is 11.4 Å². The van der Waals surface area contributed by atoms with Crippen LogP contribution in [-0.2, 0) is 10.1 Å². The summed E-state index contributed by atoms with van der Waals surface area (Å²) in [7, 11) is -2.00. The van der Waals surface area contributed by atoms with Crippen LogP contribution in [0.1, 0.15) is 10.4 Å². The second-order valence-corrected chi connectivity index (χ2v) is 10.3. The largest absolute Gasteiger partial charge is 0.493 e. The number of nitrogens with two attached hydrogens (primary N) is 1. The predicted molar refractivity (Wildman–Crippen MR) is 137 cm³/mol. The first-order valence-corrected chi connectivity index (χ1v) is 12.7. The summed E-state index contributed by atoms with van der Waals surface area (Å²) in [5, 5.41) is 2.44. The Hall–Kier alpha value is -3.09. The van der Waals surface area contributed by atoms with E-state index >= 15 is 0 Å². The zero-order chi connectivity index (χ0) is 25.5. The van der Waals surface area contributed by atoms with Gasteiger partial charge in [0, 0.05) is 17.3 Å². The number of benzene rings is 3. The topological polar surface area (TPSA) is 141 Å². The van der Waals surface area contributed by atoms with Crippen molar-refractivity contribution in [2.45, 2.75) is 4.90 Å². The van der Waals surface area contributed by atoms with Gasteiger partial charge in [-0.3, -0.25) is 9.35 Å². The number of nitrogen functional groups attached to an aromatic ring is 1. The van der Waals surface area contributed by atoms with E-state index in [1.54, 1.807) is 24.3 Å². The summed E-state index contributed by atoms with van der Waals surface area (Å²) in [6, 6.07) is 10.7. The van der Waals surface area contributed by atoms with Crippen LogP contribution in [0, 0.1) is 0 Å². The fourth-order valence-electron chi connectivity index (χ4n) is 3.39. The van der Waals surface area contributed by atoms with Crippen LogP contribution in [0.3, 0.4) is 0 Å². The highest BCUT2D eigenvalue weighted by Crippen LogP contribution is 2.44. The summed E-state index contributed by atoms with van der Waals surface area (Å²) in [5.74, 6) is -0.158. The van der Waals surface area contributed by atoms with E-state index < -0.39 is 26.5 Å². The lowest BCUT2D eigenvalue weighted by Gasteiger charge is -2.15. The standard InChI is InChI=1S/C22H17Cl2N3O6S2/c1-32-13-7-6-10(8-14(13)33-2)26-21(28)18-16(35(29,30)31)9-11(23)17(19(18)24)22-27-20-12(25)4-3-5-15(20)34-22/h3-9H,25H2,1-2H3,(H,26,28)(H,29,30,31). The molecule has 4 N–H and O–H groups in total. The molecule has 0 aliphatic carbocycles. The molecule has 0 aliphatic heterocycles. The van der Waals surface area contributed by atoms with Gasteiger partial charge in [-0.25, -0.2) is 4.98 Å². The Labute approximate surface area is 214 Å². The molecule has 0 saturated carbocycles. The Kier molecular flexibility index (Phi) is 6.80. The molecule has 0 bridgehead atoms. The van der Waals surface area contributed by atoms with Gasteiger partial charge in [-0.1, -0.05) is 29.3 Å².